The van der Waals surface area contributed by atoms with Gasteiger partial charge in [0.15, 0.2) is 5.82 Å². The average molecular weight is 345 g/mol. The lowest BCUT2D eigenvalue weighted by Crippen LogP contribution is -2.39. The molecule has 25 heavy (non-hydrogen) atoms. The largest absolute Gasteiger partial charge is 0.480 e. The Morgan fingerprint density at radius 2 is 1.68 bits per heavy atom. The highest BCUT2D eigenvalue weighted by atomic mass is 16.6. The van der Waals surface area contributed by atoms with E-state index in [-0.39, 0.29) is 12.4 Å². The first-order chi connectivity index (χ1) is 11.7. The number of carboxylic acids is 1. The van der Waals surface area contributed by atoms with Crippen molar-refractivity contribution >= 4 is 12.1 Å². The van der Waals surface area contributed by atoms with Crippen molar-refractivity contribution in [3.63, 3.8) is 0 Å². The predicted octanol–water partition coefficient (Wildman–Crippen LogP) is 1.76. The molecule has 132 valence electrons. The van der Waals surface area contributed by atoms with Crippen LogP contribution in [0, 0.1) is 0 Å². The zero-order valence-electron chi connectivity index (χ0n) is 14.2. The minimum absolute atomic E-state index is 0.117. The maximum Gasteiger partial charge on any atom is 0.411 e. The summed E-state index contributed by atoms with van der Waals surface area (Å²) in [5.41, 5.74) is 0.00566. The molecule has 0 radical (unpaired) electrons. The third-order valence-electron chi connectivity index (χ3n) is 2.86. The Labute approximate surface area is 144 Å². The summed E-state index contributed by atoms with van der Waals surface area (Å²) < 4.78 is 5.19. The first-order valence-electron chi connectivity index (χ1n) is 7.56. The molecule has 9 nitrogen and oxygen atoms in total. The van der Waals surface area contributed by atoms with Gasteiger partial charge < -0.3 is 9.84 Å². The zero-order chi connectivity index (χ0) is 18.4. The number of amides is 1. The van der Waals surface area contributed by atoms with Gasteiger partial charge in [-0.2, -0.15) is 0 Å². The second-order valence-electron chi connectivity index (χ2n) is 6.24. The summed E-state index contributed by atoms with van der Waals surface area (Å²) in [6.45, 7) is 4.36. The second-order valence-corrected chi connectivity index (χ2v) is 6.24. The molecule has 0 unspecified atom stereocenters. The van der Waals surface area contributed by atoms with E-state index in [4.69, 9.17) is 9.84 Å². The first kappa shape index (κ1) is 18.2. The van der Waals surface area contributed by atoms with Crippen LogP contribution in [-0.2, 0) is 16.1 Å². The number of carbonyl (C=O) groups excluding carboxylic acids is 1. The fourth-order valence-corrected chi connectivity index (χ4v) is 1.86. The van der Waals surface area contributed by atoms with E-state index in [9.17, 15) is 9.59 Å². The van der Waals surface area contributed by atoms with Crippen molar-refractivity contribution in [3.8, 4) is 11.4 Å². The maximum absolute atomic E-state index is 12.1. The molecule has 2 aromatic rings. The molecule has 9 heteroatoms. The molecule has 1 N–H and O–H groups in total. The highest BCUT2D eigenvalue weighted by Gasteiger charge is 2.25. The Balaban J connectivity index is 2.12. The number of carboxylic acid groups (broad SMARTS) is 1. The quantitative estimate of drug-likeness (QED) is 0.870. The topological polar surface area (TPSA) is 118 Å². The Kier molecular flexibility index (Phi) is 5.58. The molecule has 0 fully saturated rings. The van der Waals surface area contributed by atoms with Gasteiger partial charge in [-0.3, -0.25) is 9.69 Å². The molecule has 1 aromatic carbocycles. The van der Waals surface area contributed by atoms with Crippen LogP contribution in [-0.4, -0.2) is 54.6 Å². The molecule has 0 atom stereocenters. The maximum atomic E-state index is 12.1. The van der Waals surface area contributed by atoms with Crippen LogP contribution < -0.4 is 0 Å². The molecule has 0 aliphatic heterocycles. The van der Waals surface area contributed by atoms with Gasteiger partial charge in [0.2, 0.25) is 5.82 Å². The first-order valence-corrected chi connectivity index (χ1v) is 7.56. The summed E-state index contributed by atoms with van der Waals surface area (Å²) in [6, 6.07) is 9.17. The Bertz CT molecular complexity index is 728. The SMILES string of the molecule is CC(C)(C)OC(=O)N(CC(=O)O)Cc1nnc(-c2ccccc2)nn1. The van der Waals surface area contributed by atoms with Crippen LogP contribution in [0.1, 0.15) is 26.6 Å². The molecule has 0 saturated heterocycles. The van der Waals surface area contributed by atoms with E-state index >= 15 is 0 Å². The zero-order valence-corrected chi connectivity index (χ0v) is 14.2. The van der Waals surface area contributed by atoms with Gasteiger partial charge >= 0.3 is 12.1 Å². The van der Waals surface area contributed by atoms with Crippen molar-refractivity contribution in [1.82, 2.24) is 25.3 Å². The normalized spacial score (nSPS) is 11.0. The van der Waals surface area contributed by atoms with E-state index in [0.717, 1.165) is 10.5 Å². The molecule has 1 amide bonds. The average Bonchev–Trinajstić information content (AvgIpc) is 2.54. The smallest absolute Gasteiger partial charge is 0.411 e. The number of nitrogens with zero attached hydrogens (tertiary/aromatic N) is 5. The monoisotopic (exact) mass is 345 g/mol. The van der Waals surface area contributed by atoms with E-state index < -0.39 is 24.2 Å². The van der Waals surface area contributed by atoms with Gasteiger partial charge in [-0.1, -0.05) is 30.3 Å². The van der Waals surface area contributed by atoms with Gasteiger partial charge in [-0.05, 0) is 20.8 Å². The van der Waals surface area contributed by atoms with Crippen molar-refractivity contribution in [3.05, 3.63) is 36.2 Å². The van der Waals surface area contributed by atoms with Crippen molar-refractivity contribution in [2.45, 2.75) is 32.9 Å². The Hall–Kier alpha value is -3.10. The molecule has 1 heterocycles. The third kappa shape index (κ3) is 5.79. The van der Waals surface area contributed by atoms with Crippen molar-refractivity contribution in [2.24, 2.45) is 0 Å². The second kappa shape index (κ2) is 7.65. The van der Waals surface area contributed by atoms with Gasteiger partial charge in [-0.15, -0.1) is 20.4 Å². The lowest BCUT2D eigenvalue weighted by atomic mass is 10.2. The van der Waals surface area contributed by atoms with E-state index in [1.54, 1.807) is 20.8 Å². The number of rotatable bonds is 5. The molecule has 0 bridgehead atoms. The number of ether oxygens (including phenoxy) is 1. The summed E-state index contributed by atoms with van der Waals surface area (Å²) in [4.78, 5) is 24.1. The van der Waals surface area contributed by atoms with E-state index in [0.29, 0.717) is 5.82 Å². The van der Waals surface area contributed by atoms with Gasteiger partial charge in [0.25, 0.3) is 0 Å². The van der Waals surface area contributed by atoms with Crippen molar-refractivity contribution in [1.29, 1.82) is 0 Å². The predicted molar refractivity (Wildman–Crippen MR) is 87.3 cm³/mol. The molecular formula is C16H19N5O4. The van der Waals surface area contributed by atoms with Gasteiger partial charge in [0.1, 0.15) is 12.1 Å². The number of hydrogen-bond donors (Lipinski definition) is 1. The lowest BCUT2D eigenvalue weighted by Gasteiger charge is -2.25. The molecular weight excluding hydrogens is 326 g/mol. The highest BCUT2D eigenvalue weighted by Crippen LogP contribution is 2.13. The van der Waals surface area contributed by atoms with Gasteiger partial charge in [0, 0.05) is 5.56 Å². The van der Waals surface area contributed by atoms with Gasteiger partial charge in [-0.25, -0.2) is 4.79 Å². The van der Waals surface area contributed by atoms with Crippen LogP contribution in [0.15, 0.2) is 30.3 Å². The molecule has 1 aromatic heterocycles. The fourth-order valence-electron chi connectivity index (χ4n) is 1.86. The van der Waals surface area contributed by atoms with Crippen LogP contribution in [0.4, 0.5) is 4.79 Å². The number of aliphatic carboxylic acids is 1. The molecule has 0 aliphatic carbocycles. The van der Waals surface area contributed by atoms with Crippen LogP contribution in [0.5, 0.6) is 0 Å². The van der Waals surface area contributed by atoms with Crippen LogP contribution >= 0.6 is 0 Å². The molecule has 0 aliphatic rings. The van der Waals surface area contributed by atoms with E-state index in [1.165, 1.54) is 0 Å². The molecule has 0 saturated carbocycles. The minimum Gasteiger partial charge on any atom is -0.480 e. The summed E-state index contributed by atoms with van der Waals surface area (Å²) >= 11 is 0. The standard InChI is InChI=1S/C16H19N5O4/c1-16(2,3)25-15(24)21(10-13(22)23)9-12-17-19-14(20-18-12)11-7-5-4-6-8-11/h4-8H,9-10H2,1-3H3,(H,22,23). The Morgan fingerprint density at radius 3 is 2.20 bits per heavy atom. The summed E-state index contributed by atoms with van der Waals surface area (Å²) in [7, 11) is 0. The van der Waals surface area contributed by atoms with Gasteiger partial charge in [0.05, 0.1) is 6.54 Å². The third-order valence-corrected chi connectivity index (χ3v) is 2.86. The van der Waals surface area contributed by atoms with Crippen LogP contribution in [0.25, 0.3) is 11.4 Å². The van der Waals surface area contributed by atoms with E-state index in [2.05, 4.69) is 20.4 Å². The summed E-state index contributed by atoms with van der Waals surface area (Å²) in [6.07, 6.45) is -0.773. The summed E-state index contributed by atoms with van der Waals surface area (Å²) in [5.74, 6) is -0.717. The summed E-state index contributed by atoms with van der Waals surface area (Å²) in [5, 5.41) is 24.7. The van der Waals surface area contributed by atoms with Crippen LogP contribution in [0.2, 0.25) is 0 Å². The number of aromatic nitrogens is 4. The number of benzene rings is 1. The van der Waals surface area contributed by atoms with E-state index in [1.807, 2.05) is 30.3 Å². The minimum atomic E-state index is -1.17. The van der Waals surface area contributed by atoms with Crippen LogP contribution in [0.3, 0.4) is 0 Å². The highest BCUT2D eigenvalue weighted by molar-refractivity contribution is 5.76. The number of hydrogen-bond acceptors (Lipinski definition) is 7. The van der Waals surface area contributed by atoms with Crippen molar-refractivity contribution < 1.29 is 19.4 Å². The Morgan fingerprint density at radius 1 is 1.08 bits per heavy atom. The van der Waals surface area contributed by atoms with Crippen molar-refractivity contribution in [2.75, 3.05) is 6.54 Å². The molecule has 0 spiro atoms. The molecule has 2 rings (SSSR count). The number of carbonyl (C=O) groups is 2. The fraction of sp³-hybridized carbons (Fsp3) is 0.375. The lowest BCUT2D eigenvalue weighted by molar-refractivity contribution is -0.138.